The molecule has 0 aliphatic heterocycles. The molecule has 0 heterocycles. The van der Waals surface area contributed by atoms with Crippen LogP contribution >= 0.6 is 8.03 Å². The molecule has 36 valence electrons. The minimum Gasteiger partial charge on any atom is -1.00 e. The van der Waals surface area contributed by atoms with Crippen LogP contribution in [0.5, 0.6) is 0 Å². The topological polar surface area (TPSA) is 54.4 Å². The zero-order valence-electron chi connectivity index (χ0n) is 5.00. The van der Waals surface area contributed by atoms with Crippen LogP contribution in [0.25, 0.3) is 0 Å². The van der Waals surface area contributed by atoms with Crippen LogP contribution in [0, 0.1) is 0 Å². The summed E-state index contributed by atoms with van der Waals surface area (Å²) < 4.78 is 9.52. The van der Waals surface area contributed by atoms with E-state index in [0.717, 1.165) is 0 Å². The normalized spacial score (nSPS) is 9.00. The van der Waals surface area contributed by atoms with Crippen LogP contribution in [0.3, 0.4) is 0 Å². The van der Waals surface area contributed by atoms with Crippen molar-refractivity contribution in [3.8, 4) is 0 Å². The molecule has 0 aromatic carbocycles. The van der Waals surface area contributed by atoms with Gasteiger partial charge in [0, 0.05) is 0 Å². The van der Waals surface area contributed by atoms with E-state index in [1.54, 1.807) is 0 Å². The van der Waals surface area contributed by atoms with Gasteiger partial charge in [-0.05, 0) is 4.57 Å². The Hall–Kier alpha value is 0.730. The van der Waals surface area contributed by atoms with Gasteiger partial charge in [0.2, 0.25) is 6.16 Å². The van der Waals surface area contributed by atoms with Gasteiger partial charge in [0.15, 0.2) is 6.29 Å². The Balaban J connectivity index is -0.000000125. The first-order valence-corrected chi connectivity index (χ1v) is 2.74. The van der Waals surface area contributed by atoms with E-state index in [-0.39, 0.29) is 37.1 Å². The smallest absolute Gasteiger partial charge is 1.00 e. The van der Waals surface area contributed by atoms with E-state index in [0.29, 0.717) is 6.29 Å². The van der Waals surface area contributed by atoms with Crippen LogP contribution in [0.1, 0.15) is 1.43 Å². The average molecular weight is 131 g/mol. The molecule has 0 aliphatic carbocycles. The van der Waals surface area contributed by atoms with Gasteiger partial charge in [0.05, 0.1) is 0 Å². The van der Waals surface area contributed by atoms with Gasteiger partial charge in [-0.25, -0.2) is 0 Å². The summed E-state index contributed by atoms with van der Waals surface area (Å²) >= 11 is 0. The maximum atomic E-state index is 9.52. The van der Waals surface area contributed by atoms with Crippen molar-refractivity contribution < 1.29 is 45.2 Å². The number of hydrogen-bond donors (Lipinski definition) is 1. The van der Waals surface area contributed by atoms with Gasteiger partial charge in [-0.15, -0.1) is 0 Å². The summed E-state index contributed by atoms with van der Waals surface area (Å²) in [6.07, 6.45) is 0.175. The molecule has 0 radical (unpaired) electrons. The molecule has 0 amide bonds. The minimum absolute atomic E-state index is 0. The first kappa shape index (κ1) is 10.7. The third kappa shape index (κ3) is 10.8. The second kappa shape index (κ2) is 6.73. The van der Waals surface area contributed by atoms with Crippen LogP contribution in [-0.2, 0) is 9.36 Å². The van der Waals surface area contributed by atoms with Crippen LogP contribution in [0.15, 0.2) is 0 Å². The molecule has 1 N–H and O–H groups in total. The van der Waals surface area contributed by atoms with E-state index in [1.807, 2.05) is 0 Å². The molecule has 0 aromatic heterocycles. The number of carbonyl (C=O) groups excluding carboxylic acids is 1. The van der Waals surface area contributed by atoms with Gasteiger partial charge >= 0.3 is 37.6 Å². The van der Waals surface area contributed by atoms with Crippen molar-refractivity contribution in [1.82, 2.24) is 0 Å². The Morgan fingerprint density at radius 1 is 1.86 bits per heavy atom. The molecule has 0 bridgehead atoms. The molecular weight excluding hydrogens is 126 g/mol. The summed E-state index contributed by atoms with van der Waals surface area (Å²) in [5.74, 6) is 0. The first-order chi connectivity index (χ1) is 2.77. The maximum Gasteiger partial charge on any atom is 1.00 e. The van der Waals surface area contributed by atoms with Crippen molar-refractivity contribution in [1.29, 1.82) is 0 Å². The van der Waals surface area contributed by atoms with E-state index in [2.05, 4.69) is 0 Å². The van der Waals surface area contributed by atoms with Crippen molar-refractivity contribution in [2.75, 3.05) is 6.16 Å². The Labute approximate surface area is 65.7 Å². The van der Waals surface area contributed by atoms with E-state index in [4.69, 9.17) is 4.89 Å². The molecule has 0 rings (SSSR count). The molecule has 5 heteroatoms. The van der Waals surface area contributed by atoms with Gasteiger partial charge in [0.1, 0.15) is 0 Å². The molecule has 1 atom stereocenters. The standard InChI is InChI=1S/C2H3O3P.Na.H/c3-1-2-6(4)5;;/h1H,2H2;;/q;+1;-1/p+1. The summed E-state index contributed by atoms with van der Waals surface area (Å²) in [4.78, 5) is 17.1. The van der Waals surface area contributed by atoms with Crippen LogP contribution in [-0.4, -0.2) is 17.3 Å². The monoisotopic (exact) mass is 131 g/mol. The summed E-state index contributed by atoms with van der Waals surface area (Å²) in [7, 11) is -2.22. The molecular formula is C2H5NaO3P+. The van der Waals surface area contributed by atoms with Crippen molar-refractivity contribution in [3.63, 3.8) is 0 Å². The molecule has 0 aliphatic rings. The molecule has 7 heavy (non-hydrogen) atoms. The Morgan fingerprint density at radius 2 is 2.29 bits per heavy atom. The third-order valence-corrected chi connectivity index (χ3v) is 0.692. The zero-order chi connectivity index (χ0) is 4.99. The Morgan fingerprint density at radius 3 is 2.29 bits per heavy atom. The molecule has 0 saturated carbocycles. The average Bonchev–Trinajstić information content (AvgIpc) is 1.35. The SMILES string of the molecule is O=CC[P+](=O)O.[H-].[Na+]. The number of hydrogen-bond acceptors (Lipinski definition) is 2. The second-order valence-electron chi connectivity index (χ2n) is 0.701. The van der Waals surface area contributed by atoms with Gasteiger partial charge in [0.25, 0.3) is 0 Å². The molecule has 0 spiro atoms. The van der Waals surface area contributed by atoms with Gasteiger partial charge < -0.3 is 1.43 Å². The van der Waals surface area contributed by atoms with E-state index in [9.17, 15) is 9.36 Å². The number of rotatable bonds is 2. The van der Waals surface area contributed by atoms with E-state index in [1.165, 1.54) is 0 Å². The van der Waals surface area contributed by atoms with Crippen molar-refractivity contribution in [2.45, 2.75) is 0 Å². The van der Waals surface area contributed by atoms with Gasteiger partial charge in [-0.1, -0.05) is 0 Å². The molecule has 1 unspecified atom stereocenters. The van der Waals surface area contributed by atoms with Gasteiger partial charge in [-0.2, -0.15) is 4.89 Å². The Kier molecular flexibility index (Phi) is 10.3. The molecule has 0 saturated heterocycles. The predicted molar refractivity (Wildman–Crippen MR) is 21.9 cm³/mol. The Bertz CT molecular complexity index is 77.7. The summed E-state index contributed by atoms with van der Waals surface area (Å²) in [5, 5.41) is 0. The quantitative estimate of drug-likeness (QED) is 0.247. The summed E-state index contributed by atoms with van der Waals surface area (Å²) in [6, 6.07) is 0. The van der Waals surface area contributed by atoms with Crippen molar-refractivity contribution >= 4 is 14.3 Å². The molecule has 0 aromatic rings. The fourth-order valence-electron chi connectivity index (χ4n) is 0.0638. The van der Waals surface area contributed by atoms with Gasteiger partial charge in [-0.3, -0.25) is 4.79 Å². The number of carbonyl (C=O) groups is 1. The van der Waals surface area contributed by atoms with E-state index >= 15 is 0 Å². The van der Waals surface area contributed by atoms with Crippen molar-refractivity contribution in [3.05, 3.63) is 0 Å². The largest absolute Gasteiger partial charge is 1.00 e. The maximum absolute atomic E-state index is 9.52. The van der Waals surface area contributed by atoms with Crippen LogP contribution < -0.4 is 29.6 Å². The zero-order valence-corrected chi connectivity index (χ0v) is 6.89. The fraction of sp³-hybridized carbons (Fsp3) is 0.500. The molecule has 0 fully saturated rings. The van der Waals surface area contributed by atoms with Crippen LogP contribution in [0.2, 0.25) is 0 Å². The third-order valence-electron chi connectivity index (χ3n) is 0.231. The molecule has 3 nitrogen and oxygen atoms in total. The summed E-state index contributed by atoms with van der Waals surface area (Å²) in [5.41, 5.74) is 0. The fourth-order valence-corrected chi connectivity index (χ4v) is 0.191. The van der Waals surface area contributed by atoms with E-state index < -0.39 is 8.03 Å². The summed E-state index contributed by atoms with van der Waals surface area (Å²) in [6.45, 7) is 0. The first-order valence-electron chi connectivity index (χ1n) is 1.34. The second-order valence-corrected chi connectivity index (χ2v) is 1.77. The van der Waals surface area contributed by atoms with Crippen molar-refractivity contribution in [2.24, 2.45) is 0 Å². The number of aldehydes is 1. The minimum atomic E-state index is -2.22. The predicted octanol–water partition coefficient (Wildman–Crippen LogP) is -2.96. The van der Waals surface area contributed by atoms with Crippen LogP contribution in [0.4, 0.5) is 0 Å².